The van der Waals surface area contributed by atoms with Gasteiger partial charge in [0.05, 0.1) is 6.54 Å². The average molecular weight is 264 g/mol. The topological polar surface area (TPSA) is 91.6 Å². The summed E-state index contributed by atoms with van der Waals surface area (Å²) in [6, 6.07) is 2.79. The zero-order chi connectivity index (χ0) is 13.7. The number of furan rings is 1. The lowest BCUT2D eigenvalue weighted by Gasteiger charge is -2.19. The third-order valence-corrected chi connectivity index (χ3v) is 2.90. The second-order valence-electron chi connectivity index (χ2n) is 4.38. The van der Waals surface area contributed by atoms with Gasteiger partial charge >= 0.3 is 12.0 Å². The van der Waals surface area contributed by atoms with Crippen molar-refractivity contribution in [1.82, 2.24) is 10.6 Å². The van der Waals surface area contributed by atoms with E-state index >= 15 is 0 Å². The number of carbonyl (C=O) groups excluding carboxylic acids is 1. The molecule has 2 amide bonds. The molecule has 0 fully saturated rings. The molecule has 6 heteroatoms. The van der Waals surface area contributed by atoms with Crippen LogP contribution in [0.2, 0.25) is 0 Å². The molecular weight excluding hydrogens is 248 g/mol. The van der Waals surface area contributed by atoms with E-state index in [-0.39, 0.29) is 24.4 Å². The standard InChI is InChI=1S/C13H16N2O4/c16-12(17)11-7-6-10(19-11)8-14-13(18)15-9-4-2-1-3-5-9/h1-2,6-7,9H,3-5,8H2,(H,16,17)(H2,14,15,18). The van der Waals surface area contributed by atoms with Crippen molar-refractivity contribution in [2.45, 2.75) is 31.8 Å². The van der Waals surface area contributed by atoms with Crippen molar-refractivity contribution in [3.05, 3.63) is 35.8 Å². The number of urea groups is 1. The molecule has 19 heavy (non-hydrogen) atoms. The van der Waals surface area contributed by atoms with E-state index in [1.807, 2.05) is 0 Å². The van der Waals surface area contributed by atoms with Crippen LogP contribution in [0.3, 0.4) is 0 Å². The highest BCUT2D eigenvalue weighted by atomic mass is 16.4. The molecule has 1 aromatic rings. The molecule has 1 unspecified atom stereocenters. The molecule has 0 aliphatic heterocycles. The van der Waals surface area contributed by atoms with Crippen molar-refractivity contribution in [2.75, 3.05) is 0 Å². The van der Waals surface area contributed by atoms with E-state index in [1.54, 1.807) is 0 Å². The maximum absolute atomic E-state index is 11.6. The number of amides is 2. The average Bonchev–Trinajstić information content (AvgIpc) is 2.86. The molecule has 0 bridgehead atoms. The Balaban J connectivity index is 1.76. The Labute approximate surface area is 110 Å². The Hall–Kier alpha value is -2.24. The Morgan fingerprint density at radius 3 is 2.84 bits per heavy atom. The van der Waals surface area contributed by atoms with Crippen molar-refractivity contribution in [3.63, 3.8) is 0 Å². The predicted molar refractivity (Wildman–Crippen MR) is 67.8 cm³/mol. The summed E-state index contributed by atoms with van der Waals surface area (Å²) >= 11 is 0. The molecule has 1 heterocycles. The van der Waals surface area contributed by atoms with Crippen molar-refractivity contribution in [2.24, 2.45) is 0 Å². The van der Waals surface area contributed by atoms with Crippen molar-refractivity contribution in [3.8, 4) is 0 Å². The molecule has 1 aliphatic rings. The van der Waals surface area contributed by atoms with Gasteiger partial charge in [0.1, 0.15) is 5.76 Å². The third kappa shape index (κ3) is 3.87. The molecule has 1 aromatic heterocycles. The molecule has 0 saturated carbocycles. The van der Waals surface area contributed by atoms with Crippen LogP contribution in [0.5, 0.6) is 0 Å². The lowest BCUT2D eigenvalue weighted by Crippen LogP contribution is -2.42. The smallest absolute Gasteiger partial charge is 0.371 e. The fourth-order valence-corrected chi connectivity index (χ4v) is 1.92. The summed E-state index contributed by atoms with van der Waals surface area (Å²) in [5, 5.41) is 14.2. The van der Waals surface area contributed by atoms with Crippen molar-refractivity contribution < 1.29 is 19.1 Å². The zero-order valence-electron chi connectivity index (χ0n) is 10.4. The van der Waals surface area contributed by atoms with Crippen LogP contribution in [0, 0.1) is 0 Å². The lowest BCUT2D eigenvalue weighted by molar-refractivity contribution is 0.0660. The van der Waals surface area contributed by atoms with Crippen LogP contribution in [-0.2, 0) is 6.54 Å². The molecule has 3 N–H and O–H groups in total. The SMILES string of the molecule is O=C(NCc1ccc(C(=O)O)o1)NC1CC=CCC1. The number of carbonyl (C=O) groups is 2. The van der Waals surface area contributed by atoms with Gasteiger partial charge in [0.15, 0.2) is 0 Å². The number of hydrogen-bond acceptors (Lipinski definition) is 3. The largest absolute Gasteiger partial charge is 0.475 e. The molecular formula is C13H16N2O4. The number of carboxylic acid groups (broad SMARTS) is 1. The lowest BCUT2D eigenvalue weighted by atomic mass is 10.0. The minimum atomic E-state index is -1.12. The van der Waals surface area contributed by atoms with Crippen LogP contribution in [0.15, 0.2) is 28.7 Å². The molecule has 0 saturated heterocycles. The van der Waals surface area contributed by atoms with Crippen LogP contribution < -0.4 is 10.6 Å². The second kappa shape index (κ2) is 6.08. The van der Waals surface area contributed by atoms with E-state index < -0.39 is 5.97 Å². The molecule has 0 spiro atoms. The number of allylic oxidation sites excluding steroid dienone is 1. The summed E-state index contributed by atoms with van der Waals surface area (Å²) in [5.41, 5.74) is 0. The van der Waals surface area contributed by atoms with Crippen molar-refractivity contribution in [1.29, 1.82) is 0 Å². The van der Waals surface area contributed by atoms with Crippen LogP contribution in [0.25, 0.3) is 0 Å². The highest BCUT2D eigenvalue weighted by Gasteiger charge is 2.13. The van der Waals surface area contributed by atoms with Gasteiger partial charge in [-0.3, -0.25) is 0 Å². The van der Waals surface area contributed by atoms with Gasteiger partial charge in [-0.1, -0.05) is 12.2 Å². The van der Waals surface area contributed by atoms with Crippen LogP contribution in [-0.4, -0.2) is 23.1 Å². The first-order valence-corrected chi connectivity index (χ1v) is 6.16. The molecule has 2 rings (SSSR count). The predicted octanol–water partition coefficient (Wildman–Crippen LogP) is 1.89. The van der Waals surface area contributed by atoms with Crippen LogP contribution >= 0.6 is 0 Å². The second-order valence-corrected chi connectivity index (χ2v) is 4.38. The minimum absolute atomic E-state index is 0.130. The Kier molecular flexibility index (Phi) is 4.22. The summed E-state index contributed by atoms with van der Waals surface area (Å²) in [4.78, 5) is 22.2. The van der Waals surface area contributed by atoms with Gasteiger partial charge in [0.2, 0.25) is 5.76 Å². The summed E-state index contributed by atoms with van der Waals surface area (Å²) in [6.07, 6.45) is 6.92. The van der Waals surface area contributed by atoms with Crippen LogP contribution in [0.1, 0.15) is 35.6 Å². The maximum Gasteiger partial charge on any atom is 0.371 e. The number of rotatable bonds is 4. The monoisotopic (exact) mass is 264 g/mol. The van der Waals surface area contributed by atoms with E-state index in [2.05, 4.69) is 22.8 Å². The molecule has 0 aromatic carbocycles. The first-order valence-electron chi connectivity index (χ1n) is 6.16. The van der Waals surface area contributed by atoms with E-state index in [9.17, 15) is 9.59 Å². The summed E-state index contributed by atoms with van der Waals surface area (Å²) < 4.78 is 5.03. The fraction of sp³-hybridized carbons (Fsp3) is 0.385. The van der Waals surface area contributed by atoms with E-state index in [4.69, 9.17) is 9.52 Å². The Morgan fingerprint density at radius 2 is 2.21 bits per heavy atom. The molecule has 1 atom stereocenters. The van der Waals surface area contributed by atoms with Gasteiger partial charge in [-0.05, 0) is 31.4 Å². The Morgan fingerprint density at radius 1 is 1.37 bits per heavy atom. The van der Waals surface area contributed by atoms with Gasteiger partial charge < -0.3 is 20.2 Å². The maximum atomic E-state index is 11.6. The first-order chi connectivity index (χ1) is 9.15. The van der Waals surface area contributed by atoms with Gasteiger partial charge in [-0.25, -0.2) is 9.59 Å². The minimum Gasteiger partial charge on any atom is -0.475 e. The van der Waals surface area contributed by atoms with E-state index in [0.717, 1.165) is 19.3 Å². The quantitative estimate of drug-likeness (QED) is 0.724. The number of hydrogen-bond donors (Lipinski definition) is 3. The molecule has 0 radical (unpaired) electrons. The molecule has 1 aliphatic carbocycles. The normalized spacial score (nSPS) is 18.0. The summed E-state index contributed by atoms with van der Waals surface area (Å²) in [5.74, 6) is -0.838. The van der Waals surface area contributed by atoms with Gasteiger partial charge in [-0.2, -0.15) is 0 Å². The van der Waals surface area contributed by atoms with Gasteiger partial charge in [-0.15, -0.1) is 0 Å². The van der Waals surface area contributed by atoms with Crippen LogP contribution in [0.4, 0.5) is 4.79 Å². The molecule has 6 nitrogen and oxygen atoms in total. The fourth-order valence-electron chi connectivity index (χ4n) is 1.92. The highest BCUT2D eigenvalue weighted by molar-refractivity contribution is 5.84. The van der Waals surface area contributed by atoms with E-state index in [0.29, 0.717) is 5.76 Å². The zero-order valence-corrected chi connectivity index (χ0v) is 10.4. The summed E-state index contributed by atoms with van der Waals surface area (Å²) in [7, 11) is 0. The van der Waals surface area contributed by atoms with E-state index in [1.165, 1.54) is 12.1 Å². The first kappa shape index (κ1) is 13.2. The summed E-state index contributed by atoms with van der Waals surface area (Å²) in [6.45, 7) is 0.168. The third-order valence-electron chi connectivity index (χ3n) is 2.90. The molecule has 102 valence electrons. The highest BCUT2D eigenvalue weighted by Crippen LogP contribution is 2.10. The van der Waals surface area contributed by atoms with Gasteiger partial charge in [0, 0.05) is 6.04 Å². The van der Waals surface area contributed by atoms with Gasteiger partial charge in [0.25, 0.3) is 0 Å². The number of carboxylic acids is 1. The number of aromatic carboxylic acids is 1. The van der Waals surface area contributed by atoms with Crippen molar-refractivity contribution >= 4 is 12.0 Å². The Bertz CT molecular complexity index is 493. The number of nitrogens with one attached hydrogen (secondary N) is 2.